The summed E-state index contributed by atoms with van der Waals surface area (Å²) in [7, 11) is 0. The zero-order chi connectivity index (χ0) is 16.6. The highest BCUT2D eigenvalue weighted by Crippen LogP contribution is 2.34. The van der Waals surface area contributed by atoms with E-state index in [0.29, 0.717) is 23.4 Å². The third-order valence-electron chi connectivity index (χ3n) is 3.57. The third kappa shape index (κ3) is 2.90. The van der Waals surface area contributed by atoms with Crippen molar-refractivity contribution < 1.29 is 22.8 Å². The molecule has 2 aromatic rings. The third-order valence-corrected chi connectivity index (χ3v) is 3.57. The highest BCUT2D eigenvalue weighted by atomic mass is 19.2. The molecule has 0 saturated carbocycles. The Kier molecular flexibility index (Phi) is 3.77. The van der Waals surface area contributed by atoms with Crippen molar-refractivity contribution in [2.24, 2.45) is 0 Å². The predicted octanol–water partition coefficient (Wildman–Crippen LogP) is 3.17. The second kappa shape index (κ2) is 5.75. The fourth-order valence-electron chi connectivity index (χ4n) is 2.50. The first-order chi connectivity index (χ1) is 11.0. The molecule has 2 N–H and O–H groups in total. The van der Waals surface area contributed by atoms with Gasteiger partial charge in [0, 0.05) is 29.9 Å². The number of anilines is 2. The van der Waals surface area contributed by atoms with Crippen molar-refractivity contribution in [2.45, 2.75) is 12.3 Å². The van der Waals surface area contributed by atoms with Gasteiger partial charge in [-0.15, -0.1) is 0 Å². The lowest BCUT2D eigenvalue weighted by Crippen LogP contribution is -2.20. The van der Waals surface area contributed by atoms with Gasteiger partial charge in [-0.3, -0.25) is 9.59 Å². The first kappa shape index (κ1) is 15.1. The summed E-state index contributed by atoms with van der Waals surface area (Å²) in [6.45, 7) is 0. The minimum Gasteiger partial charge on any atom is -0.326 e. The topological polar surface area (TPSA) is 58.2 Å². The van der Waals surface area contributed by atoms with E-state index in [-0.39, 0.29) is 18.0 Å². The molecule has 1 aliphatic heterocycles. The fraction of sp³-hybridized carbons (Fsp3) is 0.125. The van der Waals surface area contributed by atoms with Gasteiger partial charge in [0.2, 0.25) is 11.8 Å². The smallest absolute Gasteiger partial charge is 0.232 e. The van der Waals surface area contributed by atoms with Crippen LogP contribution < -0.4 is 10.6 Å². The van der Waals surface area contributed by atoms with Crippen LogP contribution in [0.3, 0.4) is 0 Å². The van der Waals surface area contributed by atoms with E-state index in [9.17, 15) is 22.8 Å². The Balaban J connectivity index is 1.74. The summed E-state index contributed by atoms with van der Waals surface area (Å²) in [5.74, 6) is -6.01. The highest BCUT2D eigenvalue weighted by Gasteiger charge is 2.31. The molecule has 7 heteroatoms. The molecular weight excluding hydrogens is 309 g/mol. The molecule has 0 aliphatic carbocycles. The average molecular weight is 320 g/mol. The SMILES string of the molecule is O=C(CC1C(=O)Nc2ccccc21)Nc1cc(F)c(F)c(F)c1. The Morgan fingerprint density at radius 2 is 1.78 bits per heavy atom. The first-order valence-corrected chi connectivity index (χ1v) is 6.80. The van der Waals surface area contributed by atoms with Crippen LogP contribution in [0, 0.1) is 17.5 Å². The van der Waals surface area contributed by atoms with E-state index in [0.717, 1.165) is 0 Å². The zero-order valence-corrected chi connectivity index (χ0v) is 11.7. The van der Waals surface area contributed by atoms with E-state index >= 15 is 0 Å². The Bertz CT molecular complexity index is 785. The van der Waals surface area contributed by atoms with E-state index in [4.69, 9.17) is 0 Å². The van der Waals surface area contributed by atoms with Crippen LogP contribution in [0.2, 0.25) is 0 Å². The van der Waals surface area contributed by atoms with Crippen LogP contribution in [-0.2, 0) is 9.59 Å². The molecule has 0 radical (unpaired) electrons. The van der Waals surface area contributed by atoms with Gasteiger partial charge in [0.05, 0.1) is 5.92 Å². The number of rotatable bonds is 3. The number of halogens is 3. The van der Waals surface area contributed by atoms with Crippen molar-refractivity contribution >= 4 is 23.2 Å². The maximum absolute atomic E-state index is 13.1. The van der Waals surface area contributed by atoms with Gasteiger partial charge in [-0.2, -0.15) is 0 Å². The van der Waals surface area contributed by atoms with Crippen LogP contribution in [0.1, 0.15) is 17.9 Å². The summed E-state index contributed by atoms with van der Waals surface area (Å²) < 4.78 is 39.1. The molecule has 3 rings (SSSR count). The fourth-order valence-corrected chi connectivity index (χ4v) is 2.50. The summed E-state index contributed by atoms with van der Waals surface area (Å²) in [5, 5.41) is 4.92. The first-order valence-electron chi connectivity index (χ1n) is 6.80. The number of amides is 2. The average Bonchev–Trinajstić information content (AvgIpc) is 2.81. The molecule has 0 saturated heterocycles. The second-order valence-corrected chi connectivity index (χ2v) is 5.14. The molecule has 1 unspecified atom stereocenters. The van der Waals surface area contributed by atoms with Crippen molar-refractivity contribution in [1.82, 2.24) is 0 Å². The van der Waals surface area contributed by atoms with Crippen LogP contribution in [0.25, 0.3) is 0 Å². The molecule has 118 valence electrons. The quantitative estimate of drug-likeness (QED) is 0.854. The monoisotopic (exact) mass is 320 g/mol. The summed E-state index contributed by atoms with van der Waals surface area (Å²) >= 11 is 0. The molecule has 0 bridgehead atoms. The van der Waals surface area contributed by atoms with Crippen LogP contribution in [0.15, 0.2) is 36.4 Å². The number of benzene rings is 2. The van der Waals surface area contributed by atoms with E-state index in [2.05, 4.69) is 10.6 Å². The number of nitrogens with one attached hydrogen (secondary N) is 2. The zero-order valence-electron chi connectivity index (χ0n) is 11.7. The molecule has 1 heterocycles. The summed E-state index contributed by atoms with van der Waals surface area (Å²) in [5.41, 5.74) is 1.11. The molecule has 4 nitrogen and oxygen atoms in total. The van der Waals surface area contributed by atoms with Gasteiger partial charge in [-0.25, -0.2) is 13.2 Å². The molecule has 23 heavy (non-hydrogen) atoms. The normalized spacial score (nSPS) is 16.0. The maximum atomic E-state index is 13.1. The molecule has 0 spiro atoms. The number of carbonyl (C=O) groups excluding carboxylic acids is 2. The lowest BCUT2D eigenvalue weighted by Gasteiger charge is -2.10. The summed E-state index contributed by atoms with van der Waals surface area (Å²) in [6, 6.07) is 8.30. The summed E-state index contributed by atoms with van der Waals surface area (Å²) in [4.78, 5) is 23.9. The van der Waals surface area contributed by atoms with Gasteiger partial charge < -0.3 is 10.6 Å². The van der Waals surface area contributed by atoms with Crippen molar-refractivity contribution in [1.29, 1.82) is 0 Å². The number of hydrogen-bond donors (Lipinski definition) is 2. The Labute approximate surface area is 129 Å². The molecule has 2 aromatic carbocycles. The van der Waals surface area contributed by atoms with Crippen LogP contribution in [-0.4, -0.2) is 11.8 Å². The van der Waals surface area contributed by atoms with E-state index in [1.807, 2.05) is 0 Å². The second-order valence-electron chi connectivity index (χ2n) is 5.14. The van der Waals surface area contributed by atoms with Gasteiger partial charge in [0.25, 0.3) is 0 Å². The van der Waals surface area contributed by atoms with Gasteiger partial charge in [0.15, 0.2) is 17.5 Å². The van der Waals surface area contributed by atoms with Gasteiger partial charge in [-0.1, -0.05) is 18.2 Å². The molecule has 2 amide bonds. The van der Waals surface area contributed by atoms with Crippen molar-refractivity contribution in [2.75, 3.05) is 10.6 Å². The maximum Gasteiger partial charge on any atom is 0.232 e. The van der Waals surface area contributed by atoms with E-state index in [1.54, 1.807) is 24.3 Å². The molecule has 1 aliphatic rings. The number of carbonyl (C=O) groups is 2. The summed E-state index contributed by atoms with van der Waals surface area (Å²) in [6.07, 6.45) is -0.191. The minimum absolute atomic E-state index is 0.191. The standard InChI is InChI=1S/C16H11F3N2O2/c17-11-5-8(6-12(18)15(11)19)20-14(22)7-10-9-3-1-2-4-13(9)21-16(10)23/h1-6,10H,7H2,(H,20,22)(H,21,23). The van der Waals surface area contributed by atoms with Crippen molar-refractivity contribution in [3.05, 3.63) is 59.4 Å². The number of hydrogen-bond acceptors (Lipinski definition) is 2. The Hall–Kier alpha value is -2.83. The lowest BCUT2D eigenvalue weighted by atomic mass is 9.97. The molecule has 1 atom stereocenters. The Morgan fingerprint density at radius 3 is 2.48 bits per heavy atom. The predicted molar refractivity (Wildman–Crippen MR) is 77.4 cm³/mol. The van der Waals surface area contributed by atoms with Gasteiger partial charge in [0.1, 0.15) is 0 Å². The van der Waals surface area contributed by atoms with E-state index in [1.165, 1.54) is 0 Å². The molecule has 0 fully saturated rings. The number of para-hydroxylation sites is 1. The Morgan fingerprint density at radius 1 is 1.13 bits per heavy atom. The van der Waals surface area contributed by atoms with Crippen molar-refractivity contribution in [3.63, 3.8) is 0 Å². The van der Waals surface area contributed by atoms with Gasteiger partial charge >= 0.3 is 0 Å². The van der Waals surface area contributed by atoms with Crippen LogP contribution in [0.4, 0.5) is 24.5 Å². The highest BCUT2D eigenvalue weighted by molar-refractivity contribution is 6.06. The molecular formula is C16H11F3N2O2. The van der Waals surface area contributed by atoms with Crippen LogP contribution >= 0.6 is 0 Å². The number of fused-ring (bicyclic) bond motifs is 1. The van der Waals surface area contributed by atoms with E-state index < -0.39 is 29.3 Å². The largest absolute Gasteiger partial charge is 0.326 e. The van der Waals surface area contributed by atoms with Gasteiger partial charge in [-0.05, 0) is 11.6 Å². The lowest BCUT2D eigenvalue weighted by molar-refractivity contribution is -0.122. The minimum atomic E-state index is -1.60. The van der Waals surface area contributed by atoms with Crippen LogP contribution in [0.5, 0.6) is 0 Å². The van der Waals surface area contributed by atoms with Crippen molar-refractivity contribution in [3.8, 4) is 0 Å². The molecule has 0 aromatic heterocycles.